The average Bonchev–Trinajstić information content (AvgIpc) is 2.38. The van der Waals surface area contributed by atoms with Crippen molar-refractivity contribution >= 4 is 17.3 Å². The molecular formula is C14H13ClFNO. The molecule has 0 radical (unpaired) electrons. The molecule has 0 heterocycles. The van der Waals surface area contributed by atoms with E-state index in [1.165, 1.54) is 12.1 Å². The van der Waals surface area contributed by atoms with E-state index in [0.717, 1.165) is 11.3 Å². The maximum atomic E-state index is 12.7. The van der Waals surface area contributed by atoms with Crippen LogP contribution in [0.25, 0.3) is 0 Å². The van der Waals surface area contributed by atoms with E-state index in [1.807, 2.05) is 6.07 Å². The van der Waals surface area contributed by atoms with Crippen LogP contribution in [-0.2, 0) is 0 Å². The molecule has 2 aromatic carbocycles. The first-order chi connectivity index (χ1) is 8.65. The number of benzene rings is 2. The molecule has 4 heteroatoms. The zero-order chi connectivity index (χ0) is 13.0. The number of anilines is 1. The van der Waals surface area contributed by atoms with E-state index < -0.39 is 6.10 Å². The summed E-state index contributed by atoms with van der Waals surface area (Å²) < 4.78 is 12.7. The summed E-state index contributed by atoms with van der Waals surface area (Å²) in [5.74, 6) is -0.282. The van der Waals surface area contributed by atoms with E-state index in [1.54, 1.807) is 30.3 Å². The van der Waals surface area contributed by atoms with Gasteiger partial charge in [0, 0.05) is 17.3 Å². The maximum Gasteiger partial charge on any atom is 0.123 e. The highest BCUT2D eigenvalue weighted by Gasteiger charge is 2.07. The Bertz CT molecular complexity index is 515. The van der Waals surface area contributed by atoms with Crippen LogP contribution in [0.2, 0.25) is 5.02 Å². The Hall–Kier alpha value is -1.58. The molecule has 1 unspecified atom stereocenters. The number of aliphatic hydroxyl groups excluding tert-OH is 1. The second-order valence-corrected chi connectivity index (χ2v) is 4.40. The standard InChI is InChI=1S/C14H13ClFNO/c15-11-3-1-2-10(8-11)14(18)9-17-13-6-4-12(16)5-7-13/h1-8,14,17-18H,9H2. The summed E-state index contributed by atoms with van der Waals surface area (Å²) in [6, 6.07) is 13.1. The lowest BCUT2D eigenvalue weighted by Crippen LogP contribution is -2.12. The number of aliphatic hydroxyl groups is 1. The minimum atomic E-state index is -0.659. The Balaban J connectivity index is 1.96. The van der Waals surface area contributed by atoms with Gasteiger partial charge >= 0.3 is 0 Å². The van der Waals surface area contributed by atoms with Gasteiger partial charge in [0.15, 0.2) is 0 Å². The first-order valence-electron chi connectivity index (χ1n) is 5.58. The summed E-state index contributed by atoms with van der Waals surface area (Å²) in [6.45, 7) is 0.339. The van der Waals surface area contributed by atoms with E-state index in [2.05, 4.69) is 5.32 Å². The molecule has 0 spiro atoms. The highest BCUT2D eigenvalue weighted by molar-refractivity contribution is 6.30. The number of hydrogen-bond donors (Lipinski definition) is 2. The van der Waals surface area contributed by atoms with Crippen LogP contribution in [0, 0.1) is 5.82 Å². The zero-order valence-corrected chi connectivity index (χ0v) is 10.4. The molecule has 0 saturated heterocycles. The summed E-state index contributed by atoms with van der Waals surface area (Å²) in [5, 5.41) is 13.6. The molecule has 0 aliphatic heterocycles. The van der Waals surface area contributed by atoms with Crippen LogP contribution >= 0.6 is 11.6 Å². The van der Waals surface area contributed by atoms with Gasteiger partial charge in [-0.05, 0) is 42.0 Å². The molecule has 18 heavy (non-hydrogen) atoms. The molecule has 0 fully saturated rings. The van der Waals surface area contributed by atoms with Crippen LogP contribution < -0.4 is 5.32 Å². The van der Waals surface area contributed by atoms with E-state index in [-0.39, 0.29) is 5.82 Å². The molecular weight excluding hydrogens is 253 g/mol. The van der Waals surface area contributed by atoms with Gasteiger partial charge in [0.2, 0.25) is 0 Å². The molecule has 2 nitrogen and oxygen atoms in total. The fraction of sp³-hybridized carbons (Fsp3) is 0.143. The molecule has 0 saturated carbocycles. The van der Waals surface area contributed by atoms with E-state index in [0.29, 0.717) is 11.6 Å². The maximum absolute atomic E-state index is 12.7. The van der Waals surface area contributed by atoms with Crippen molar-refractivity contribution in [2.75, 3.05) is 11.9 Å². The fourth-order valence-electron chi connectivity index (χ4n) is 1.61. The van der Waals surface area contributed by atoms with Gasteiger partial charge in [-0.1, -0.05) is 23.7 Å². The van der Waals surface area contributed by atoms with Crippen LogP contribution in [-0.4, -0.2) is 11.7 Å². The second kappa shape index (κ2) is 5.85. The van der Waals surface area contributed by atoms with Gasteiger partial charge in [0.25, 0.3) is 0 Å². The molecule has 2 rings (SSSR count). The van der Waals surface area contributed by atoms with E-state index in [4.69, 9.17) is 11.6 Å². The number of nitrogens with one attached hydrogen (secondary N) is 1. The lowest BCUT2D eigenvalue weighted by Gasteiger charge is -2.13. The van der Waals surface area contributed by atoms with E-state index in [9.17, 15) is 9.50 Å². The SMILES string of the molecule is OC(CNc1ccc(F)cc1)c1cccc(Cl)c1. The molecule has 1 atom stereocenters. The molecule has 2 aromatic rings. The fourth-order valence-corrected chi connectivity index (χ4v) is 1.81. The largest absolute Gasteiger partial charge is 0.387 e. The predicted octanol–water partition coefficient (Wildman–Crippen LogP) is 3.62. The first kappa shape index (κ1) is 12.9. The third kappa shape index (κ3) is 3.45. The minimum Gasteiger partial charge on any atom is -0.387 e. The molecule has 0 amide bonds. The van der Waals surface area contributed by atoms with Gasteiger partial charge in [-0.25, -0.2) is 4.39 Å². The first-order valence-corrected chi connectivity index (χ1v) is 5.96. The van der Waals surface area contributed by atoms with Crippen LogP contribution in [0.1, 0.15) is 11.7 Å². The smallest absolute Gasteiger partial charge is 0.123 e. The summed E-state index contributed by atoms with van der Waals surface area (Å²) in [6.07, 6.45) is -0.659. The third-order valence-electron chi connectivity index (χ3n) is 2.58. The van der Waals surface area contributed by atoms with Crippen molar-refractivity contribution in [3.63, 3.8) is 0 Å². The van der Waals surface area contributed by atoms with Crippen molar-refractivity contribution < 1.29 is 9.50 Å². The quantitative estimate of drug-likeness (QED) is 0.885. The monoisotopic (exact) mass is 265 g/mol. The Labute approximate surface area is 110 Å². The van der Waals surface area contributed by atoms with Gasteiger partial charge in [-0.15, -0.1) is 0 Å². The van der Waals surface area contributed by atoms with Gasteiger partial charge in [-0.2, -0.15) is 0 Å². The molecule has 0 aromatic heterocycles. The normalized spacial score (nSPS) is 12.2. The van der Waals surface area contributed by atoms with Crippen LogP contribution in [0.5, 0.6) is 0 Å². The van der Waals surface area contributed by atoms with Gasteiger partial charge in [-0.3, -0.25) is 0 Å². The van der Waals surface area contributed by atoms with Crippen LogP contribution in [0.15, 0.2) is 48.5 Å². The number of halogens is 2. The average molecular weight is 266 g/mol. The number of rotatable bonds is 4. The van der Waals surface area contributed by atoms with Crippen molar-refractivity contribution in [2.45, 2.75) is 6.10 Å². The third-order valence-corrected chi connectivity index (χ3v) is 2.81. The van der Waals surface area contributed by atoms with Crippen LogP contribution in [0.4, 0.5) is 10.1 Å². The minimum absolute atomic E-state index is 0.282. The lowest BCUT2D eigenvalue weighted by atomic mass is 10.1. The zero-order valence-electron chi connectivity index (χ0n) is 9.61. The molecule has 2 N–H and O–H groups in total. The topological polar surface area (TPSA) is 32.3 Å². The van der Waals surface area contributed by atoms with Crippen molar-refractivity contribution in [1.29, 1.82) is 0 Å². The van der Waals surface area contributed by atoms with Gasteiger partial charge in [0.05, 0.1) is 6.10 Å². The second-order valence-electron chi connectivity index (χ2n) is 3.96. The highest BCUT2D eigenvalue weighted by Crippen LogP contribution is 2.18. The number of hydrogen-bond acceptors (Lipinski definition) is 2. The summed E-state index contributed by atoms with van der Waals surface area (Å²) in [4.78, 5) is 0. The molecule has 0 bridgehead atoms. The van der Waals surface area contributed by atoms with E-state index >= 15 is 0 Å². The van der Waals surface area contributed by atoms with Crippen molar-refractivity contribution in [3.05, 3.63) is 64.9 Å². The predicted molar refractivity (Wildman–Crippen MR) is 71.3 cm³/mol. The highest BCUT2D eigenvalue weighted by atomic mass is 35.5. The summed E-state index contributed by atoms with van der Waals surface area (Å²) >= 11 is 5.85. The Kier molecular flexibility index (Phi) is 4.18. The Morgan fingerprint density at radius 1 is 1.17 bits per heavy atom. The van der Waals surface area contributed by atoms with Crippen molar-refractivity contribution in [2.24, 2.45) is 0 Å². The van der Waals surface area contributed by atoms with Crippen LogP contribution in [0.3, 0.4) is 0 Å². The molecule has 94 valence electrons. The van der Waals surface area contributed by atoms with Gasteiger partial charge in [0.1, 0.15) is 5.82 Å². The summed E-state index contributed by atoms with van der Waals surface area (Å²) in [7, 11) is 0. The molecule has 0 aliphatic rings. The summed E-state index contributed by atoms with van der Waals surface area (Å²) in [5.41, 5.74) is 1.51. The molecule has 0 aliphatic carbocycles. The van der Waals surface area contributed by atoms with Crippen molar-refractivity contribution in [3.8, 4) is 0 Å². The lowest BCUT2D eigenvalue weighted by molar-refractivity contribution is 0.191. The van der Waals surface area contributed by atoms with Crippen molar-refractivity contribution in [1.82, 2.24) is 0 Å². The Morgan fingerprint density at radius 3 is 2.56 bits per heavy atom. The Morgan fingerprint density at radius 2 is 1.89 bits per heavy atom. The van der Waals surface area contributed by atoms with Gasteiger partial charge < -0.3 is 10.4 Å².